The standard InChI is InChI=1S/C64H43NO2/c1-63(2)54-22-10-6-17-47(54)50-34-32-44(38-57(50)63)65(45-33-35-52-51-20-9-13-25-58(51)67-61(52)39-45)43-30-27-40(28-31-43)46-21-14-26-60-62(46)53-37-42(29-36-59(53)66-60)64(41-15-4-3-5-16-41)55-23-11-7-18-48(55)49-19-8-12-24-56(49)64/h3-39H,1-2H3. The zero-order chi connectivity index (χ0) is 44.4. The van der Waals surface area contributed by atoms with Crippen LogP contribution >= 0.6 is 0 Å². The largest absolute Gasteiger partial charge is 0.456 e. The molecule has 12 aromatic rings. The van der Waals surface area contributed by atoms with Crippen molar-refractivity contribution in [3.05, 3.63) is 258 Å². The van der Waals surface area contributed by atoms with E-state index in [1.165, 1.54) is 55.6 Å². The molecular formula is C64H43NO2. The van der Waals surface area contributed by atoms with Crippen LogP contribution in [0.5, 0.6) is 0 Å². The van der Waals surface area contributed by atoms with E-state index in [0.29, 0.717) is 0 Å². The van der Waals surface area contributed by atoms with E-state index in [4.69, 9.17) is 8.83 Å². The number of nitrogens with zero attached hydrogens (tertiary/aromatic N) is 1. The molecule has 14 rings (SSSR count). The van der Waals surface area contributed by atoms with Gasteiger partial charge in [-0.25, -0.2) is 0 Å². The van der Waals surface area contributed by atoms with Gasteiger partial charge >= 0.3 is 0 Å². The van der Waals surface area contributed by atoms with Crippen LogP contribution in [0.4, 0.5) is 17.1 Å². The summed E-state index contributed by atoms with van der Waals surface area (Å²) in [5.74, 6) is 0. The molecule has 0 unspecified atom stereocenters. The number of fused-ring (bicyclic) bond motifs is 12. The van der Waals surface area contributed by atoms with E-state index in [1.54, 1.807) is 0 Å². The van der Waals surface area contributed by atoms with E-state index in [0.717, 1.165) is 72.1 Å². The zero-order valence-electron chi connectivity index (χ0n) is 37.1. The fraction of sp³-hybridized carbons (Fsp3) is 0.0625. The summed E-state index contributed by atoms with van der Waals surface area (Å²) in [6.07, 6.45) is 0. The van der Waals surface area contributed by atoms with E-state index in [-0.39, 0.29) is 5.41 Å². The van der Waals surface area contributed by atoms with Crippen molar-refractivity contribution in [2.24, 2.45) is 0 Å². The molecule has 0 spiro atoms. The fourth-order valence-electron chi connectivity index (χ4n) is 11.9. The molecule has 316 valence electrons. The number of hydrogen-bond acceptors (Lipinski definition) is 3. The molecule has 2 heterocycles. The first kappa shape index (κ1) is 37.9. The van der Waals surface area contributed by atoms with Gasteiger partial charge in [0.2, 0.25) is 0 Å². The summed E-state index contributed by atoms with van der Waals surface area (Å²) in [6, 6.07) is 81.9. The van der Waals surface area contributed by atoms with Crippen LogP contribution < -0.4 is 4.90 Å². The molecule has 0 aliphatic heterocycles. The van der Waals surface area contributed by atoms with E-state index < -0.39 is 5.41 Å². The number of furan rings is 2. The molecule has 0 N–H and O–H groups in total. The summed E-state index contributed by atoms with van der Waals surface area (Å²) in [5.41, 5.74) is 21.2. The molecule has 3 heteroatoms. The molecule has 2 aliphatic rings. The molecule has 0 saturated carbocycles. The molecule has 2 aromatic heterocycles. The SMILES string of the molecule is CC1(C)c2ccccc2-c2ccc(N(c3ccc(-c4cccc5oc6ccc(C7(c8ccccc8)c8ccccc8-c8ccccc87)cc6c45)cc3)c3ccc4c(c3)oc3ccccc34)cc21. The van der Waals surface area contributed by atoms with Gasteiger partial charge in [-0.1, -0.05) is 172 Å². The number of benzene rings is 10. The Kier molecular flexibility index (Phi) is 7.95. The highest BCUT2D eigenvalue weighted by atomic mass is 16.3. The van der Waals surface area contributed by atoms with Crippen LogP contribution in [0.1, 0.15) is 47.2 Å². The smallest absolute Gasteiger partial charge is 0.137 e. The minimum Gasteiger partial charge on any atom is -0.456 e. The molecule has 0 atom stereocenters. The van der Waals surface area contributed by atoms with E-state index in [9.17, 15) is 0 Å². The highest BCUT2D eigenvalue weighted by molar-refractivity contribution is 6.13. The lowest BCUT2D eigenvalue weighted by Gasteiger charge is -2.33. The molecule has 3 nitrogen and oxygen atoms in total. The van der Waals surface area contributed by atoms with Gasteiger partial charge in [-0.15, -0.1) is 0 Å². The third kappa shape index (κ3) is 5.34. The van der Waals surface area contributed by atoms with Crippen molar-refractivity contribution >= 4 is 60.9 Å². The Morgan fingerprint density at radius 2 is 0.881 bits per heavy atom. The van der Waals surface area contributed by atoms with Gasteiger partial charge in [-0.2, -0.15) is 0 Å². The molecular weight excluding hydrogens is 815 g/mol. The number of rotatable bonds is 6. The fourth-order valence-corrected chi connectivity index (χ4v) is 11.9. The van der Waals surface area contributed by atoms with Gasteiger partial charge in [-0.3, -0.25) is 0 Å². The second-order valence-electron chi connectivity index (χ2n) is 18.8. The lowest BCUT2D eigenvalue weighted by atomic mass is 9.67. The second-order valence-corrected chi connectivity index (χ2v) is 18.8. The molecule has 0 amide bonds. The summed E-state index contributed by atoms with van der Waals surface area (Å²) >= 11 is 0. The van der Waals surface area contributed by atoms with E-state index in [2.05, 4.69) is 231 Å². The molecule has 2 aliphatic carbocycles. The Morgan fingerprint density at radius 3 is 1.66 bits per heavy atom. The molecule has 0 saturated heterocycles. The maximum absolute atomic E-state index is 6.70. The summed E-state index contributed by atoms with van der Waals surface area (Å²) < 4.78 is 13.2. The van der Waals surface area contributed by atoms with Crippen molar-refractivity contribution in [1.82, 2.24) is 0 Å². The van der Waals surface area contributed by atoms with Crippen molar-refractivity contribution in [2.45, 2.75) is 24.7 Å². The van der Waals surface area contributed by atoms with Crippen LogP contribution in [0.25, 0.3) is 77.3 Å². The lowest BCUT2D eigenvalue weighted by Crippen LogP contribution is -2.28. The van der Waals surface area contributed by atoms with Gasteiger partial charge in [0.1, 0.15) is 22.3 Å². The summed E-state index contributed by atoms with van der Waals surface area (Å²) in [6.45, 7) is 4.69. The monoisotopic (exact) mass is 857 g/mol. The average Bonchev–Trinajstić information content (AvgIpc) is 4.10. The minimum atomic E-state index is -0.507. The Balaban J connectivity index is 0.927. The average molecular weight is 858 g/mol. The van der Waals surface area contributed by atoms with E-state index in [1.807, 2.05) is 12.1 Å². The van der Waals surface area contributed by atoms with Gasteiger partial charge in [0.05, 0.1) is 5.41 Å². The third-order valence-corrected chi connectivity index (χ3v) is 15.0. The van der Waals surface area contributed by atoms with Crippen molar-refractivity contribution in [3.63, 3.8) is 0 Å². The Bertz CT molecular complexity index is 3920. The van der Waals surface area contributed by atoms with Crippen molar-refractivity contribution < 1.29 is 8.83 Å². The summed E-state index contributed by atoms with van der Waals surface area (Å²) in [7, 11) is 0. The van der Waals surface area contributed by atoms with Crippen LogP contribution in [0, 0.1) is 0 Å². The molecule has 0 fully saturated rings. The van der Waals surface area contributed by atoms with Crippen LogP contribution in [0.15, 0.2) is 233 Å². The summed E-state index contributed by atoms with van der Waals surface area (Å²) in [5, 5.41) is 4.45. The number of para-hydroxylation sites is 1. The van der Waals surface area contributed by atoms with Gasteiger partial charge in [0.25, 0.3) is 0 Å². The molecule has 10 aromatic carbocycles. The quantitative estimate of drug-likeness (QED) is 0.167. The van der Waals surface area contributed by atoms with Crippen molar-refractivity contribution in [2.75, 3.05) is 4.90 Å². The first-order valence-electron chi connectivity index (χ1n) is 23.2. The van der Waals surface area contributed by atoms with E-state index >= 15 is 0 Å². The first-order chi connectivity index (χ1) is 33.0. The van der Waals surface area contributed by atoms with Crippen LogP contribution in [0.3, 0.4) is 0 Å². The van der Waals surface area contributed by atoms with Gasteiger partial charge < -0.3 is 13.7 Å². The lowest BCUT2D eigenvalue weighted by molar-refractivity contribution is 0.660. The van der Waals surface area contributed by atoms with Crippen LogP contribution in [-0.2, 0) is 10.8 Å². The van der Waals surface area contributed by atoms with Gasteiger partial charge in [0, 0.05) is 50.1 Å². The van der Waals surface area contributed by atoms with Gasteiger partial charge in [-0.05, 0) is 127 Å². The maximum atomic E-state index is 6.70. The predicted molar refractivity (Wildman–Crippen MR) is 276 cm³/mol. The Labute approximate surface area is 388 Å². The molecule has 67 heavy (non-hydrogen) atoms. The number of anilines is 3. The highest BCUT2D eigenvalue weighted by Gasteiger charge is 2.46. The molecule has 0 bridgehead atoms. The molecule has 0 radical (unpaired) electrons. The topological polar surface area (TPSA) is 29.5 Å². The Hall–Kier alpha value is -8.40. The first-order valence-corrected chi connectivity index (χ1v) is 23.2. The predicted octanol–water partition coefficient (Wildman–Crippen LogP) is 17.3. The van der Waals surface area contributed by atoms with Crippen molar-refractivity contribution in [1.29, 1.82) is 0 Å². The van der Waals surface area contributed by atoms with Crippen molar-refractivity contribution in [3.8, 4) is 33.4 Å². The number of hydrogen-bond donors (Lipinski definition) is 0. The van der Waals surface area contributed by atoms with Crippen LogP contribution in [-0.4, -0.2) is 0 Å². The van der Waals surface area contributed by atoms with Crippen LogP contribution in [0.2, 0.25) is 0 Å². The highest BCUT2D eigenvalue weighted by Crippen LogP contribution is 2.57. The summed E-state index contributed by atoms with van der Waals surface area (Å²) in [4.78, 5) is 2.37. The maximum Gasteiger partial charge on any atom is 0.137 e. The minimum absolute atomic E-state index is 0.142. The zero-order valence-corrected chi connectivity index (χ0v) is 37.1. The van der Waals surface area contributed by atoms with Gasteiger partial charge in [0.15, 0.2) is 0 Å². The normalized spacial score (nSPS) is 14.1. The Morgan fingerprint density at radius 1 is 0.328 bits per heavy atom. The second kappa shape index (κ2) is 14.1. The third-order valence-electron chi connectivity index (χ3n) is 15.0.